The average Bonchev–Trinajstić information content (AvgIpc) is 2.70. The summed E-state index contributed by atoms with van der Waals surface area (Å²) in [7, 11) is 0. The maximum absolute atomic E-state index is 5.95. The molecule has 3 aromatic rings. The largest absolute Gasteiger partial charge is 0.399 e. The number of hydrogen-bond acceptors (Lipinski definition) is 3. The zero-order valence-corrected chi connectivity index (χ0v) is 10.3. The van der Waals surface area contributed by atoms with Crippen molar-refractivity contribution in [3.8, 4) is 0 Å². The number of nitrogens with two attached hydrogens (primary N) is 1. The second kappa shape index (κ2) is 4.31. The second-order valence-corrected chi connectivity index (χ2v) is 4.53. The van der Waals surface area contributed by atoms with Gasteiger partial charge in [-0.25, -0.2) is 9.50 Å². The Morgan fingerprint density at radius 2 is 2.11 bits per heavy atom. The summed E-state index contributed by atoms with van der Waals surface area (Å²) in [5.41, 5.74) is 8.24. The van der Waals surface area contributed by atoms with Crippen molar-refractivity contribution in [1.82, 2.24) is 14.6 Å². The molecule has 0 saturated heterocycles. The predicted molar refractivity (Wildman–Crippen MR) is 71.7 cm³/mol. The van der Waals surface area contributed by atoms with Gasteiger partial charge in [0.1, 0.15) is 0 Å². The summed E-state index contributed by atoms with van der Waals surface area (Å²) in [4.78, 5) is 4.43. The molecular formula is C13H11ClN4. The molecule has 0 aliphatic carbocycles. The molecule has 0 spiro atoms. The van der Waals surface area contributed by atoms with Gasteiger partial charge in [-0.1, -0.05) is 23.7 Å². The molecule has 0 unspecified atom stereocenters. The summed E-state index contributed by atoms with van der Waals surface area (Å²) in [6.07, 6.45) is 2.46. The number of nitrogens with zero attached hydrogens (tertiary/aromatic N) is 3. The van der Waals surface area contributed by atoms with Crippen LogP contribution >= 0.6 is 11.6 Å². The van der Waals surface area contributed by atoms with Crippen molar-refractivity contribution < 1.29 is 0 Å². The molecule has 0 amide bonds. The van der Waals surface area contributed by atoms with Crippen LogP contribution in [0.3, 0.4) is 0 Å². The molecule has 0 atom stereocenters. The fourth-order valence-corrected chi connectivity index (χ4v) is 2.06. The normalized spacial score (nSPS) is 10.9. The van der Waals surface area contributed by atoms with Gasteiger partial charge >= 0.3 is 0 Å². The minimum Gasteiger partial charge on any atom is -0.399 e. The summed E-state index contributed by atoms with van der Waals surface area (Å²) >= 11 is 5.95. The molecule has 0 fully saturated rings. The Balaban J connectivity index is 1.95. The first-order valence-electron chi connectivity index (χ1n) is 5.56. The Kier molecular flexibility index (Phi) is 2.64. The van der Waals surface area contributed by atoms with E-state index < -0.39 is 0 Å². The van der Waals surface area contributed by atoms with Crippen molar-refractivity contribution in [2.75, 3.05) is 5.73 Å². The van der Waals surface area contributed by atoms with Gasteiger partial charge in [0.15, 0.2) is 11.5 Å². The maximum atomic E-state index is 5.95. The zero-order valence-electron chi connectivity index (χ0n) is 9.55. The topological polar surface area (TPSA) is 56.2 Å². The molecule has 0 saturated carbocycles. The van der Waals surface area contributed by atoms with Crippen LogP contribution in [-0.4, -0.2) is 14.6 Å². The third-order valence-corrected chi connectivity index (χ3v) is 2.89. The minimum absolute atomic E-state index is 0.655. The van der Waals surface area contributed by atoms with E-state index in [1.54, 1.807) is 22.8 Å². The van der Waals surface area contributed by atoms with Crippen molar-refractivity contribution >= 4 is 22.9 Å². The summed E-state index contributed by atoms with van der Waals surface area (Å²) in [5, 5.41) is 5.11. The number of hydrogen-bond donors (Lipinski definition) is 1. The van der Waals surface area contributed by atoms with Crippen LogP contribution in [0.2, 0.25) is 5.02 Å². The van der Waals surface area contributed by atoms with Gasteiger partial charge < -0.3 is 5.73 Å². The number of nitrogen functional groups attached to an aromatic ring is 1. The molecule has 0 radical (unpaired) electrons. The van der Waals surface area contributed by atoms with E-state index in [1.165, 1.54) is 0 Å². The monoisotopic (exact) mass is 258 g/mol. The lowest BCUT2D eigenvalue weighted by Gasteiger charge is -1.97. The van der Waals surface area contributed by atoms with Crippen molar-refractivity contribution in [1.29, 1.82) is 0 Å². The highest BCUT2D eigenvalue weighted by molar-refractivity contribution is 6.30. The number of benzene rings is 1. The van der Waals surface area contributed by atoms with Gasteiger partial charge in [0.2, 0.25) is 0 Å². The number of halogens is 1. The number of aromatic nitrogens is 3. The summed E-state index contributed by atoms with van der Waals surface area (Å²) in [6.45, 7) is 0. The Morgan fingerprint density at radius 3 is 2.94 bits per heavy atom. The molecular weight excluding hydrogens is 248 g/mol. The number of rotatable bonds is 2. The van der Waals surface area contributed by atoms with Crippen molar-refractivity contribution in [3.05, 3.63) is 59.0 Å². The molecule has 2 N–H and O–H groups in total. The summed E-state index contributed by atoms with van der Waals surface area (Å²) < 4.78 is 1.72. The van der Waals surface area contributed by atoms with Gasteiger partial charge in [0.25, 0.3) is 0 Å². The Bertz CT molecular complexity index is 705. The molecule has 3 rings (SSSR count). The average molecular weight is 259 g/mol. The van der Waals surface area contributed by atoms with Crippen LogP contribution in [0, 0.1) is 0 Å². The molecule has 18 heavy (non-hydrogen) atoms. The first kappa shape index (κ1) is 11.0. The molecule has 90 valence electrons. The first-order valence-corrected chi connectivity index (χ1v) is 5.94. The number of pyridine rings is 1. The molecule has 4 nitrogen and oxygen atoms in total. The Hall–Kier alpha value is -2.07. The molecule has 0 bridgehead atoms. The van der Waals surface area contributed by atoms with Crippen LogP contribution in [0.25, 0.3) is 5.65 Å². The smallest absolute Gasteiger partial charge is 0.157 e. The molecule has 1 aromatic carbocycles. The van der Waals surface area contributed by atoms with E-state index in [0.29, 0.717) is 12.1 Å². The minimum atomic E-state index is 0.655. The van der Waals surface area contributed by atoms with E-state index in [2.05, 4.69) is 10.1 Å². The molecule has 2 heterocycles. The Labute approximate surface area is 109 Å². The van der Waals surface area contributed by atoms with Gasteiger partial charge in [0, 0.05) is 29.4 Å². The standard InChI is InChI=1S/C13H11ClN4/c14-10-3-1-2-9(6-10)7-12-16-13-8-11(15)4-5-18(13)17-12/h1-6,8H,7,15H2. The van der Waals surface area contributed by atoms with Crippen LogP contribution < -0.4 is 5.73 Å². The number of fused-ring (bicyclic) bond motifs is 1. The van der Waals surface area contributed by atoms with E-state index in [4.69, 9.17) is 17.3 Å². The summed E-state index contributed by atoms with van der Waals surface area (Å²) in [5.74, 6) is 0.753. The van der Waals surface area contributed by atoms with Gasteiger partial charge in [-0.15, -0.1) is 0 Å². The fraction of sp³-hybridized carbons (Fsp3) is 0.0769. The third-order valence-electron chi connectivity index (χ3n) is 2.66. The van der Waals surface area contributed by atoms with Crippen LogP contribution in [0.4, 0.5) is 5.69 Å². The highest BCUT2D eigenvalue weighted by Gasteiger charge is 2.05. The fourth-order valence-electron chi connectivity index (χ4n) is 1.85. The Morgan fingerprint density at radius 1 is 1.22 bits per heavy atom. The third kappa shape index (κ3) is 2.15. The van der Waals surface area contributed by atoms with Crippen LogP contribution in [0.5, 0.6) is 0 Å². The van der Waals surface area contributed by atoms with Crippen LogP contribution in [0.15, 0.2) is 42.6 Å². The van der Waals surface area contributed by atoms with E-state index >= 15 is 0 Å². The lowest BCUT2D eigenvalue weighted by Crippen LogP contribution is -1.92. The second-order valence-electron chi connectivity index (χ2n) is 4.10. The van der Waals surface area contributed by atoms with Crippen LogP contribution in [0.1, 0.15) is 11.4 Å². The van der Waals surface area contributed by atoms with Gasteiger partial charge in [-0.2, -0.15) is 5.10 Å². The van der Waals surface area contributed by atoms with Gasteiger partial charge in [-0.05, 0) is 23.8 Å². The van der Waals surface area contributed by atoms with E-state index in [9.17, 15) is 0 Å². The predicted octanol–water partition coefficient (Wildman–Crippen LogP) is 2.56. The lowest BCUT2D eigenvalue weighted by molar-refractivity contribution is 0.900. The number of anilines is 1. The molecule has 0 aliphatic rings. The summed E-state index contributed by atoms with van der Waals surface area (Å²) in [6, 6.07) is 11.3. The van der Waals surface area contributed by atoms with Crippen molar-refractivity contribution in [2.45, 2.75) is 6.42 Å². The molecule has 5 heteroatoms. The quantitative estimate of drug-likeness (QED) is 0.769. The highest BCUT2D eigenvalue weighted by Crippen LogP contribution is 2.14. The molecule has 0 aliphatic heterocycles. The van der Waals surface area contributed by atoms with Crippen molar-refractivity contribution in [2.24, 2.45) is 0 Å². The van der Waals surface area contributed by atoms with Gasteiger partial charge in [-0.3, -0.25) is 0 Å². The SMILES string of the molecule is Nc1ccn2nc(Cc3cccc(Cl)c3)nc2c1. The zero-order chi connectivity index (χ0) is 12.5. The maximum Gasteiger partial charge on any atom is 0.157 e. The highest BCUT2D eigenvalue weighted by atomic mass is 35.5. The van der Waals surface area contributed by atoms with Gasteiger partial charge in [0.05, 0.1) is 0 Å². The van der Waals surface area contributed by atoms with E-state index in [1.807, 2.05) is 24.3 Å². The first-order chi connectivity index (χ1) is 8.70. The molecule has 2 aromatic heterocycles. The van der Waals surface area contributed by atoms with Crippen LogP contribution in [-0.2, 0) is 6.42 Å². The lowest BCUT2D eigenvalue weighted by atomic mass is 10.1. The van der Waals surface area contributed by atoms with Crippen molar-refractivity contribution in [3.63, 3.8) is 0 Å². The van der Waals surface area contributed by atoms with E-state index in [-0.39, 0.29) is 0 Å². The van der Waals surface area contributed by atoms with E-state index in [0.717, 1.165) is 22.1 Å².